The quantitative estimate of drug-likeness (QED) is 0.814. The number of nitrogens with zero attached hydrogens (tertiary/aromatic N) is 3. The number of rotatable bonds is 3. The number of urea groups is 1. The summed E-state index contributed by atoms with van der Waals surface area (Å²) in [4.78, 5) is 31.4. The zero-order chi connectivity index (χ0) is 18.5. The Labute approximate surface area is 157 Å². The van der Waals surface area contributed by atoms with E-state index in [1.807, 2.05) is 4.90 Å². The summed E-state index contributed by atoms with van der Waals surface area (Å²) < 4.78 is 5.29. The molecule has 7 nitrogen and oxygen atoms in total. The maximum Gasteiger partial charge on any atom is 0.317 e. The molecule has 0 unspecified atom stereocenters. The van der Waals surface area contributed by atoms with Gasteiger partial charge in [0.05, 0.1) is 13.2 Å². The van der Waals surface area contributed by atoms with Gasteiger partial charge in [-0.15, -0.1) is 0 Å². The first-order valence-corrected chi connectivity index (χ1v) is 10.2. The Hall–Kier alpha value is -1.34. The largest absolute Gasteiger partial charge is 0.378 e. The summed E-state index contributed by atoms with van der Waals surface area (Å²) in [6.45, 7) is 10.7. The van der Waals surface area contributed by atoms with E-state index < -0.39 is 0 Å². The molecule has 148 valence electrons. The lowest BCUT2D eigenvalue weighted by atomic mass is 9.85. The van der Waals surface area contributed by atoms with Crippen LogP contribution >= 0.6 is 0 Å². The van der Waals surface area contributed by atoms with E-state index in [9.17, 15) is 9.59 Å². The van der Waals surface area contributed by atoms with E-state index in [-0.39, 0.29) is 18.0 Å². The van der Waals surface area contributed by atoms with Gasteiger partial charge in [0.2, 0.25) is 5.91 Å². The lowest BCUT2D eigenvalue weighted by molar-refractivity contribution is -0.138. The highest BCUT2D eigenvalue weighted by atomic mass is 16.5. The molecule has 2 heterocycles. The van der Waals surface area contributed by atoms with Crippen LogP contribution in [-0.2, 0) is 9.53 Å². The Morgan fingerprint density at radius 1 is 0.885 bits per heavy atom. The first-order chi connectivity index (χ1) is 12.5. The second-order valence-corrected chi connectivity index (χ2v) is 8.05. The SMILES string of the molecule is CC(C)N1CCN(C(=O)C2CCC(NC(=O)N3CCOCC3)CC2)CC1. The maximum atomic E-state index is 12.8. The summed E-state index contributed by atoms with van der Waals surface area (Å²) in [6.07, 6.45) is 3.57. The number of hydrogen-bond donors (Lipinski definition) is 1. The molecule has 0 atom stereocenters. The molecule has 3 fully saturated rings. The van der Waals surface area contributed by atoms with Crippen LogP contribution in [0.2, 0.25) is 0 Å². The molecule has 3 rings (SSSR count). The van der Waals surface area contributed by atoms with Crippen molar-refractivity contribution in [3.05, 3.63) is 0 Å². The number of morpholine rings is 1. The van der Waals surface area contributed by atoms with Crippen molar-refractivity contribution in [2.24, 2.45) is 5.92 Å². The van der Waals surface area contributed by atoms with Gasteiger partial charge in [-0.05, 0) is 39.5 Å². The molecule has 26 heavy (non-hydrogen) atoms. The van der Waals surface area contributed by atoms with Crippen LogP contribution in [0.3, 0.4) is 0 Å². The molecule has 3 amide bonds. The molecule has 0 aromatic rings. The van der Waals surface area contributed by atoms with Crippen LogP contribution in [0, 0.1) is 5.92 Å². The summed E-state index contributed by atoms with van der Waals surface area (Å²) >= 11 is 0. The van der Waals surface area contributed by atoms with E-state index in [0.717, 1.165) is 51.9 Å². The standard InChI is InChI=1S/C19H34N4O3/c1-15(2)21-7-9-22(10-8-21)18(24)16-3-5-17(6-4-16)20-19(25)23-11-13-26-14-12-23/h15-17H,3-14H2,1-2H3,(H,20,25). The number of nitrogens with one attached hydrogen (secondary N) is 1. The van der Waals surface area contributed by atoms with E-state index in [1.165, 1.54) is 0 Å². The normalized spacial score (nSPS) is 28.3. The van der Waals surface area contributed by atoms with Gasteiger partial charge in [-0.25, -0.2) is 4.79 Å². The Morgan fingerprint density at radius 3 is 2.08 bits per heavy atom. The third-order valence-electron chi connectivity index (χ3n) is 6.06. The summed E-state index contributed by atoms with van der Waals surface area (Å²) in [5, 5.41) is 3.15. The van der Waals surface area contributed by atoms with Gasteiger partial charge in [-0.2, -0.15) is 0 Å². The summed E-state index contributed by atoms with van der Waals surface area (Å²) in [6, 6.07) is 0.776. The van der Waals surface area contributed by atoms with Gasteiger partial charge in [0.1, 0.15) is 0 Å². The molecule has 0 bridgehead atoms. The topological polar surface area (TPSA) is 65.1 Å². The summed E-state index contributed by atoms with van der Waals surface area (Å²) in [5.74, 6) is 0.462. The monoisotopic (exact) mass is 366 g/mol. The first kappa shape index (κ1) is 19.4. The molecule has 2 saturated heterocycles. The molecule has 1 saturated carbocycles. The maximum absolute atomic E-state index is 12.8. The molecular weight excluding hydrogens is 332 g/mol. The molecule has 1 aliphatic carbocycles. The van der Waals surface area contributed by atoms with E-state index in [2.05, 4.69) is 29.0 Å². The van der Waals surface area contributed by atoms with Crippen molar-refractivity contribution in [3.8, 4) is 0 Å². The Kier molecular flexibility index (Phi) is 6.75. The number of carbonyl (C=O) groups is 2. The third kappa shape index (κ3) is 4.88. The van der Waals surface area contributed by atoms with E-state index in [0.29, 0.717) is 38.3 Å². The molecule has 0 aromatic heterocycles. The van der Waals surface area contributed by atoms with Gasteiger partial charge in [0.25, 0.3) is 0 Å². The highest BCUT2D eigenvalue weighted by molar-refractivity contribution is 5.79. The highest BCUT2D eigenvalue weighted by Gasteiger charge is 2.32. The molecule has 7 heteroatoms. The molecular formula is C19H34N4O3. The number of hydrogen-bond acceptors (Lipinski definition) is 4. The van der Waals surface area contributed by atoms with Crippen molar-refractivity contribution < 1.29 is 14.3 Å². The lowest BCUT2D eigenvalue weighted by Gasteiger charge is -2.39. The Balaban J connectivity index is 1.39. The fraction of sp³-hybridized carbons (Fsp3) is 0.895. The van der Waals surface area contributed by atoms with Crippen molar-refractivity contribution in [2.75, 3.05) is 52.5 Å². The molecule has 1 N–H and O–H groups in total. The van der Waals surface area contributed by atoms with Crippen LogP contribution in [0.4, 0.5) is 4.79 Å². The third-order valence-corrected chi connectivity index (χ3v) is 6.06. The van der Waals surface area contributed by atoms with E-state index in [4.69, 9.17) is 4.74 Å². The minimum atomic E-state index is 0.0212. The second-order valence-electron chi connectivity index (χ2n) is 8.05. The van der Waals surface area contributed by atoms with Crippen molar-refractivity contribution in [1.29, 1.82) is 0 Å². The average Bonchev–Trinajstić information content (AvgIpc) is 2.69. The molecule has 0 spiro atoms. The number of ether oxygens (including phenoxy) is 1. The van der Waals surface area contributed by atoms with Crippen LogP contribution in [0.5, 0.6) is 0 Å². The minimum Gasteiger partial charge on any atom is -0.378 e. The smallest absolute Gasteiger partial charge is 0.317 e. The van der Waals surface area contributed by atoms with E-state index >= 15 is 0 Å². The van der Waals surface area contributed by atoms with Crippen LogP contribution in [-0.4, -0.2) is 91.2 Å². The fourth-order valence-corrected chi connectivity index (χ4v) is 4.23. The minimum absolute atomic E-state index is 0.0212. The Bertz CT molecular complexity index is 477. The number of piperazine rings is 1. The van der Waals surface area contributed by atoms with Gasteiger partial charge < -0.3 is 19.9 Å². The average molecular weight is 367 g/mol. The highest BCUT2D eigenvalue weighted by Crippen LogP contribution is 2.27. The van der Waals surface area contributed by atoms with Crippen molar-refractivity contribution >= 4 is 11.9 Å². The van der Waals surface area contributed by atoms with Crippen molar-refractivity contribution in [1.82, 2.24) is 20.0 Å². The van der Waals surface area contributed by atoms with Gasteiger partial charge in [-0.3, -0.25) is 9.69 Å². The second kappa shape index (κ2) is 9.04. The van der Waals surface area contributed by atoms with Gasteiger partial charge in [-0.1, -0.05) is 0 Å². The fourth-order valence-electron chi connectivity index (χ4n) is 4.23. The summed E-state index contributed by atoms with van der Waals surface area (Å²) in [7, 11) is 0. The predicted molar refractivity (Wildman–Crippen MR) is 100.0 cm³/mol. The van der Waals surface area contributed by atoms with Crippen LogP contribution in [0.25, 0.3) is 0 Å². The van der Waals surface area contributed by atoms with Crippen molar-refractivity contribution in [2.45, 2.75) is 51.6 Å². The van der Waals surface area contributed by atoms with Gasteiger partial charge in [0, 0.05) is 57.3 Å². The van der Waals surface area contributed by atoms with Gasteiger partial charge >= 0.3 is 6.03 Å². The zero-order valence-corrected chi connectivity index (χ0v) is 16.3. The first-order valence-electron chi connectivity index (χ1n) is 10.2. The number of carbonyl (C=O) groups excluding carboxylic acids is 2. The zero-order valence-electron chi connectivity index (χ0n) is 16.3. The van der Waals surface area contributed by atoms with E-state index in [1.54, 1.807) is 0 Å². The van der Waals surface area contributed by atoms with Crippen LogP contribution < -0.4 is 5.32 Å². The molecule has 0 radical (unpaired) electrons. The molecule has 0 aromatic carbocycles. The van der Waals surface area contributed by atoms with Gasteiger partial charge in [0.15, 0.2) is 0 Å². The summed E-state index contributed by atoms with van der Waals surface area (Å²) in [5.41, 5.74) is 0. The van der Waals surface area contributed by atoms with Crippen LogP contribution in [0.1, 0.15) is 39.5 Å². The van der Waals surface area contributed by atoms with Crippen LogP contribution in [0.15, 0.2) is 0 Å². The predicted octanol–water partition coefficient (Wildman–Crippen LogP) is 1.14. The molecule has 3 aliphatic rings. The lowest BCUT2D eigenvalue weighted by Crippen LogP contribution is -2.53. The number of amides is 3. The Morgan fingerprint density at radius 2 is 1.50 bits per heavy atom. The van der Waals surface area contributed by atoms with Crippen molar-refractivity contribution in [3.63, 3.8) is 0 Å². The molecule has 2 aliphatic heterocycles.